The van der Waals surface area contributed by atoms with Crippen molar-refractivity contribution >= 4 is 12.1 Å². The quantitative estimate of drug-likeness (QED) is 0.500. The van der Waals surface area contributed by atoms with E-state index >= 15 is 0 Å². The molecule has 2 bridgehead atoms. The Morgan fingerprint density at radius 3 is 2.83 bits per heavy atom. The van der Waals surface area contributed by atoms with E-state index in [1.165, 1.54) is 6.42 Å². The first-order chi connectivity index (χ1) is 8.83. The van der Waals surface area contributed by atoms with Crippen molar-refractivity contribution in [3.8, 4) is 0 Å². The predicted octanol–water partition coefficient (Wildman–Crippen LogP) is 2.01. The highest BCUT2D eigenvalue weighted by Crippen LogP contribution is 2.42. The molecule has 1 heterocycles. The highest BCUT2D eigenvalue weighted by molar-refractivity contribution is 5.94. The van der Waals surface area contributed by atoms with Crippen LogP contribution in [0.25, 0.3) is 0 Å². The SMILES string of the molecule is O=C(N/N=C/C1CC2C=CC1C2)c1ccncc1. The molecule has 1 saturated carbocycles. The molecule has 18 heavy (non-hydrogen) atoms. The maximum absolute atomic E-state index is 11.7. The number of hydrogen-bond acceptors (Lipinski definition) is 3. The molecule has 4 nitrogen and oxygen atoms in total. The Labute approximate surface area is 106 Å². The maximum Gasteiger partial charge on any atom is 0.271 e. The smallest absolute Gasteiger partial charge is 0.267 e. The van der Waals surface area contributed by atoms with E-state index in [9.17, 15) is 4.79 Å². The van der Waals surface area contributed by atoms with E-state index in [0.717, 1.165) is 12.3 Å². The van der Waals surface area contributed by atoms with Crippen LogP contribution in [-0.4, -0.2) is 17.1 Å². The summed E-state index contributed by atoms with van der Waals surface area (Å²) in [6, 6.07) is 3.34. The zero-order valence-electron chi connectivity index (χ0n) is 9.99. The van der Waals surface area contributed by atoms with Gasteiger partial charge in [-0.15, -0.1) is 0 Å². The van der Waals surface area contributed by atoms with Crippen LogP contribution >= 0.6 is 0 Å². The van der Waals surface area contributed by atoms with Gasteiger partial charge in [0.05, 0.1) is 0 Å². The average Bonchev–Trinajstić information content (AvgIpc) is 3.02. The fraction of sp³-hybridized carbons (Fsp3) is 0.357. The highest BCUT2D eigenvalue weighted by atomic mass is 16.2. The molecule has 1 aromatic rings. The molecule has 1 N–H and O–H groups in total. The molecular formula is C14H15N3O. The lowest BCUT2D eigenvalue weighted by Gasteiger charge is -2.11. The molecule has 3 unspecified atom stereocenters. The summed E-state index contributed by atoms with van der Waals surface area (Å²) in [6.07, 6.45) is 12.1. The van der Waals surface area contributed by atoms with Crippen molar-refractivity contribution in [1.82, 2.24) is 10.4 Å². The summed E-state index contributed by atoms with van der Waals surface area (Å²) in [6.45, 7) is 0. The number of fused-ring (bicyclic) bond motifs is 2. The molecule has 0 saturated heterocycles. The van der Waals surface area contributed by atoms with Crippen LogP contribution in [0.2, 0.25) is 0 Å². The third-order valence-corrected chi connectivity index (χ3v) is 3.70. The fourth-order valence-corrected chi connectivity index (χ4v) is 2.75. The third-order valence-electron chi connectivity index (χ3n) is 3.70. The molecule has 0 radical (unpaired) electrons. The van der Waals surface area contributed by atoms with Gasteiger partial charge in [-0.1, -0.05) is 12.2 Å². The molecule has 0 aliphatic heterocycles. The van der Waals surface area contributed by atoms with Gasteiger partial charge in [-0.05, 0) is 36.8 Å². The molecule has 92 valence electrons. The Morgan fingerprint density at radius 1 is 1.33 bits per heavy atom. The second kappa shape index (κ2) is 4.72. The van der Waals surface area contributed by atoms with E-state index in [-0.39, 0.29) is 5.91 Å². The molecule has 0 spiro atoms. The van der Waals surface area contributed by atoms with E-state index in [4.69, 9.17) is 0 Å². The number of carbonyl (C=O) groups is 1. The van der Waals surface area contributed by atoms with Gasteiger partial charge in [0, 0.05) is 30.1 Å². The number of nitrogens with one attached hydrogen (secondary N) is 1. The zero-order chi connectivity index (χ0) is 12.4. The lowest BCUT2D eigenvalue weighted by molar-refractivity contribution is 0.0955. The number of carbonyl (C=O) groups excluding carboxylic acids is 1. The van der Waals surface area contributed by atoms with Gasteiger partial charge in [-0.2, -0.15) is 5.10 Å². The molecule has 4 heteroatoms. The summed E-state index contributed by atoms with van der Waals surface area (Å²) in [7, 11) is 0. The van der Waals surface area contributed by atoms with Gasteiger partial charge in [0.25, 0.3) is 5.91 Å². The number of allylic oxidation sites excluding steroid dienone is 2. The van der Waals surface area contributed by atoms with E-state index in [1.54, 1.807) is 24.5 Å². The molecule has 1 aromatic heterocycles. The number of rotatable bonds is 3. The molecule has 3 atom stereocenters. The second-order valence-electron chi connectivity index (χ2n) is 4.90. The van der Waals surface area contributed by atoms with Crippen LogP contribution in [0.15, 0.2) is 41.8 Å². The monoisotopic (exact) mass is 241 g/mol. The van der Waals surface area contributed by atoms with Crippen LogP contribution < -0.4 is 5.43 Å². The summed E-state index contributed by atoms with van der Waals surface area (Å²) in [5, 5.41) is 4.07. The number of aromatic nitrogens is 1. The summed E-state index contributed by atoms with van der Waals surface area (Å²) < 4.78 is 0. The molecule has 2 aliphatic carbocycles. The van der Waals surface area contributed by atoms with Gasteiger partial charge in [0.15, 0.2) is 0 Å². The second-order valence-corrected chi connectivity index (χ2v) is 4.90. The Bertz CT molecular complexity index is 495. The number of pyridine rings is 1. The van der Waals surface area contributed by atoms with Gasteiger partial charge >= 0.3 is 0 Å². The third kappa shape index (κ3) is 2.18. The molecule has 1 fully saturated rings. The molecular weight excluding hydrogens is 226 g/mol. The fourth-order valence-electron chi connectivity index (χ4n) is 2.75. The van der Waals surface area contributed by atoms with E-state index in [2.05, 4.69) is 27.7 Å². The van der Waals surface area contributed by atoms with E-state index in [0.29, 0.717) is 17.4 Å². The van der Waals surface area contributed by atoms with Crippen molar-refractivity contribution < 1.29 is 4.79 Å². The minimum atomic E-state index is -0.188. The van der Waals surface area contributed by atoms with E-state index in [1.807, 2.05) is 6.21 Å². The molecule has 2 aliphatic rings. The molecule has 3 rings (SSSR count). The first kappa shape index (κ1) is 11.1. The van der Waals surface area contributed by atoms with Crippen LogP contribution in [0, 0.1) is 17.8 Å². The minimum absolute atomic E-state index is 0.188. The Hall–Kier alpha value is -1.97. The van der Waals surface area contributed by atoms with Gasteiger partial charge in [-0.3, -0.25) is 9.78 Å². The normalized spacial score (nSPS) is 29.0. The summed E-state index contributed by atoms with van der Waals surface area (Å²) >= 11 is 0. The van der Waals surface area contributed by atoms with E-state index < -0.39 is 0 Å². The summed E-state index contributed by atoms with van der Waals surface area (Å²) in [5.74, 6) is 1.64. The van der Waals surface area contributed by atoms with Gasteiger partial charge in [0.1, 0.15) is 0 Å². The number of hydrazone groups is 1. The maximum atomic E-state index is 11.7. The first-order valence-corrected chi connectivity index (χ1v) is 6.25. The minimum Gasteiger partial charge on any atom is -0.267 e. The van der Waals surface area contributed by atoms with Gasteiger partial charge < -0.3 is 0 Å². The van der Waals surface area contributed by atoms with Crippen LogP contribution in [0.1, 0.15) is 23.2 Å². The lowest BCUT2D eigenvalue weighted by atomic mass is 9.95. The first-order valence-electron chi connectivity index (χ1n) is 6.25. The topological polar surface area (TPSA) is 54.4 Å². The van der Waals surface area contributed by atoms with Crippen molar-refractivity contribution in [3.05, 3.63) is 42.2 Å². The lowest BCUT2D eigenvalue weighted by Crippen LogP contribution is -2.19. The largest absolute Gasteiger partial charge is 0.271 e. The van der Waals surface area contributed by atoms with Crippen molar-refractivity contribution in [2.24, 2.45) is 22.9 Å². The summed E-state index contributed by atoms with van der Waals surface area (Å²) in [4.78, 5) is 15.6. The van der Waals surface area contributed by atoms with Gasteiger partial charge in [0.2, 0.25) is 0 Å². The van der Waals surface area contributed by atoms with Crippen molar-refractivity contribution in [3.63, 3.8) is 0 Å². The van der Waals surface area contributed by atoms with Gasteiger partial charge in [-0.25, -0.2) is 5.43 Å². The van der Waals surface area contributed by atoms with Crippen LogP contribution in [0.3, 0.4) is 0 Å². The number of nitrogens with zero attached hydrogens (tertiary/aromatic N) is 2. The highest BCUT2D eigenvalue weighted by Gasteiger charge is 2.34. The Balaban J connectivity index is 1.55. The predicted molar refractivity (Wildman–Crippen MR) is 69.0 cm³/mol. The molecule has 1 amide bonds. The van der Waals surface area contributed by atoms with Crippen LogP contribution in [-0.2, 0) is 0 Å². The van der Waals surface area contributed by atoms with Crippen molar-refractivity contribution in [2.45, 2.75) is 12.8 Å². The number of hydrogen-bond donors (Lipinski definition) is 1. The molecule has 0 aromatic carbocycles. The van der Waals surface area contributed by atoms with Crippen LogP contribution in [0.4, 0.5) is 0 Å². The number of amides is 1. The summed E-state index contributed by atoms with van der Waals surface area (Å²) in [5.41, 5.74) is 3.14. The average molecular weight is 241 g/mol. The Morgan fingerprint density at radius 2 is 2.17 bits per heavy atom. The van der Waals surface area contributed by atoms with Crippen LogP contribution in [0.5, 0.6) is 0 Å². The standard InChI is InChI=1S/C14H15N3O/c18-14(11-3-5-15-6-4-11)17-16-9-13-8-10-1-2-12(13)7-10/h1-6,9-10,12-13H,7-8H2,(H,17,18)/b16-9+. The van der Waals surface area contributed by atoms with Crippen molar-refractivity contribution in [1.29, 1.82) is 0 Å². The zero-order valence-corrected chi connectivity index (χ0v) is 9.99. The van der Waals surface area contributed by atoms with Crippen molar-refractivity contribution in [2.75, 3.05) is 0 Å². The Kier molecular flexibility index (Phi) is 2.92.